The summed E-state index contributed by atoms with van der Waals surface area (Å²) in [4.78, 5) is 23.6. The standard InChI is InChI=1S/C21H20O5/c1-4-24-19(22)16-12-10-15(11-13-16)17(14-8-6-5-7-9-14)18-21(2,3)26-20(23)25-18/h5-13H,4H2,1-3H3/b18-17+. The molecule has 0 atom stereocenters. The van der Waals surface area contributed by atoms with Gasteiger partial charge in [0.1, 0.15) is 0 Å². The molecule has 5 heteroatoms. The quantitative estimate of drug-likeness (QED) is 0.755. The number of esters is 1. The van der Waals surface area contributed by atoms with E-state index in [1.54, 1.807) is 32.9 Å². The van der Waals surface area contributed by atoms with Crippen molar-refractivity contribution in [1.82, 2.24) is 0 Å². The minimum Gasteiger partial charge on any atom is -0.462 e. The Morgan fingerprint density at radius 1 is 0.962 bits per heavy atom. The van der Waals surface area contributed by atoms with Crippen LogP contribution >= 0.6 is 0 Å². The minimum atomic E-state index is -0.887. The first-order valence-electron chi connectivity index (χ1n) is 8.41. The fourth-order valence-electron chi connectivity index (χ4n) is 2.85. The van der Waals surface area contributed by atoms with Gasteiger partial charge in [-0.15, -0.1) is 0 Å². The van der Waals surface area contributed by atoms with E-state index in [9.17, 15) is 9.59 Å². The van der Waals surface area contributed by atoms with Crippen LogP contribution in [0.5, 0.6) is 0 Å². The van der Waals surface area contributed by atoms with Crippen LogP contribution in [0.1, 0.15) is 42.3 Å². The van der Waals surface area contributed by atoms with Crippen molar-refractivity contribution >= 4 is 17.7 Å². The minimum absolute atomic E-state index is 0.321. The molecule has 0 saturated carbocycles. The van der Waals surface area contributed by atoms with E-state index in [2.05, 4.69) is 0 Å². The van der Waals surface area contributed by atoms with Gasteiger partial charge in [0, 0.05) is 5.57 Å². The molecule has 0 amide bonds. The average Bonchev–Trinajstić information content (AvgIpc) is 2.89. The summed E-state index contributed by atoms with van der Waals surface area (Å²) in [7, 11) is 0. The molecule has 0 spiro atoms. The molecule has 1 saturated heterocycles. The number of benzene rings is 2. The van der Waals surface area contributed by atoms with Crippen LogP contribution in [0, 0.1) is 0 Å². The van der Waals surface area contributed by atoms with Gasteiger partial charge in [0.2, 0.25) is 0 Å². The number of hydrogen-bond acceptors (Lipinski definition) is 5. The molecule has 1 aliphatic rings. The van der Waals surface area contributed by atoms with Crippen LogP contribution in [0.25, 0.3) is 5.57 Å². The monoisotopic (exact) mass is 352 g/mol. The third-order valence-corrected chi connectivity index (χ3v) is 4.04. The van der Waals surface area contributed by atoms with Crippen LogP contribution in [0.15, 0.2) is 60.4 Å². The fourth-order valence-corrected chi connectivity index (χ4v) is 2.85. The molecule has 0 aliphatic carbocycles. The van der Waals surface area contributed by atoms with Crippen molar-refractivity contribution in [3.05, 3.63) is 77.0 Å². The summed E-state index contributed by atoms with van der Waals surface area (Å²) in [6.07, 6.45) is -0.721. The van der Waals surface area contributed by atoms with Crippen molar-refractivity contribution in [2.75, 3.05) is 6.61 Å². The second kappa shape index (κ2) is 7.04. The number of cyclic esters (lactones) is 2. The summed E-state index contributed by atoms with van der Waals surface area (Å²) in [5.74, 6) is 0.0708. The number of carbonyl (C=O) groups excluding carboxylic acids is 2. The van der Waals surface area contributed by atoms with E-state index in [0.717, 1.165) is 16.7 Å². The Morgan fingerprint density at radius 2 is 1.54 bits per heavy atom. The predicted molar refractivity (Wildman–Crippen MR) is 96.5 cm³/mol. The molecule has 0 radical (unpaired) electrons. The molecule has 0 N–H and O–H groups in total. The zero-order valence-corrected chi connectivity index (χ0v) is 14.9. The van der Waals surface area contributed by atoms with Gasteiger partial charge in [-0.1, -0.05) is 42.5 Å². The highest BCUT2D eigenvalue weighted by Gasteiger charge is 2.42. The van der Waals surface area contributed by atoms with E-state index < -0.39 is 11.8 Å². The topological polar surface area (TPSA) is 61.8 Å². The lowest BCUT2D eigenvalue weighted by Gasteiger charge is -2.19. The van der Waals surface area contributed by atoms with Gasteiger partial charge >= 0.3 is 12.1 Å². The Morgan fingerprint density at radius 3 is 2.08 bits per heavy atom. The van der Waals surface area contributed by atoms with Gasteiger partial charge in [-0.25, -0.2) is 9.59 Å². The molecular weight excluding hydrogens is 332 g/mol. The van der Waals surface area contributed by atoms with E-state index in [1.165, 1.54) is 0 Å². The maximum absolute atomic E-state index is 11.9. The Bertz CT molecular complexity index is 848. The molecule has 0 unspecified atom stereocenters. The molecule has 2 aromatic rings. The van der Waals surface area contributed by atoms with E-state index in [-0.39, 0.29) is 5.97 Å². The lowest BCUT2D eigenvalue weighted by molar-refractivity contribution is 0.0526. The highest BCUT2D eigenvalue weighted by atomic mass is 16.8. The van der Waals surface area contributed by atoms with Crippen molar-refractivity contribution < 1.29 is 23.8 Å². The summed E-state index contributed by atoms with van der Waals surface area (Å²) in [5.41, 5.74) is 2.02. The molecule has 0 aromatic heterocycles. The van der Waals surface area contributed by atoms with Gasteiger partial charge in [-0.05, 0) is 44.0 Å². The van der Waals surface area contributed by atoms with Gasteiger partial charge in [0.15, 0.2) is 11.4 Å². The molecule has 5 nitrogen and oxygen atoms in total. The first-order valence-corrected chi connectivity index (χ1v) is 8.41. The number of carbonyl (C=O) groups is 2. The van der Waals surface area contributed by atoms with Crippen molar-refractivity contribution in [1.29, 1.82) is 0 Å². The van der Waals surface area contributed by atoms with E-state index in [1.807, 2.05) is 42.5 Å². The molecule has 1 fully saturated rings. The lowest BCUT2D eigenvalue weighted by Crippen LogP contribution is -2.21. The smallest absolute Gasteiger partial charge is 0.462 e. The molecule has 26 heavy (non-hydrogen) atoms. The molecule has 134 valence electrons. The number of rotatable bonds is 4. The first kappa shape index (κ1) is 17.7. The van der Waals surface area contributed by atoms with Crippen LogP contribution in [0.2, 0.25) is 0 Å². The van der Waals surface area contributed by atoms with Gasteiger partial charge in [-0.3, -0.25) is 0 Å². The SMILES string of the molecule is CCOC(=O)c1ccc(/C(=C2/OC(=O)OC2(C)C)c2ccccc2)cc1. The summed E-state index contributed by atoms with van der Waals surface area (Å²) in [5, 5.41) is 0. The van der Waals surface area contributed by atoms with E-state index in [0.29, 0.717) is 17.9 Å². The Kier molecular flexibility index (Phi) is 4.80. The van der Waals surface area contributed by atoms with Crippen LogP contribution in [-0.4, -0.2) is 24.3 Å². The number of hydrogen-bond donors (Lipinski definition) is 0. The molecule has 1 aliphatic heterocycles. The zero-order valence-electron chi connectivity index (χ0n) is 14.9. The lowest BCUT2D eigenvalue weighted by atomic mass is 9.91. The average molecular weight is 352 g/mol. The van der Waals surface area contributed by atoms with Gasteiger partial charge in [0.05, 0.1) is 12.2 Å². The summed E-state index contributed by atoms with van der Waals surface area (Å²) in [6, 6.07) is 16.6. The van der Waals surface area contributed by atoms with Gasteiger partial charge < -0.3 is 14.2 Å². The van der Waals surface area contributed by atoms with Crippen molar-refractivity contribution in [2.24, 2.45) is 0 Å². The van der Waals surface area contributed by atoms with Crippen molar-refractivity contribution in [3.63, 3.8) is 0 Å². The first-order chi connectivity index (χ1) is 12.4. The Hall–Kier alpha value is -3.08. The molecular formula is C21H20O5. The Balaban J connectivity index is 2.11. The number of ether oxygens (including phenoxy) is 3. The summed E-state index contributed by atoms with van der Waals surface area (Å²) < 4.78 is 15.7. The largest absolute Gasteiger partial charge is 0.514 e. The maximum Gasteiger partial charge on any atom is 0.514 e. The van der Waals surface area contributed by atoms with Crippen LogP contribution < -0.4 is 0 Å². The molecule has 0 bridgehead atoms. The van der Waals surface area contributed by atoms with Crippen molar-refractivity contribution in [2.45, 2.75) is 26.4 Å². The van der Waals surface area contributed by atoms with Crippen molar-refractivity contribution in [3.8, 4) is 0 Å². The van der Waals surface area contributed by atoms with Gasteiger partial charge in [0.25, 0.3) is 0 Å². The molecule has 2 aromatic carbocycles. The predicted octanol–water partition coefficient (Wildman–Crippen LogP) is 4.57. The normalized spacial score (nSPS) is 17.3. The van der Waals surface area contributed by atoms with E-state index >= 15 is 0 Å². The third kappa shape index (κ3) is 3.47. The third-order valence-electron chi connectivity index (χ3n) is 4.04. The second-order valence-electron chi connectivity index (χ2n) is 6.33. The summed E-state index contributed by atoms with van der Waals surface area (Å²) >= 11 is 0. The second-order valence-corrected chi connectivity index (χ2v) is 6.33. The zero-order chi connectivity index (χ0) is 18.7. The van der Waals surface area contributed by atoms with Crippen LogP contribution in [-0.2, 0) is 14.2 Å². The highest BCUT2D eigenvalue weighted by molar-refractivity contribution is 5.91. The summed E-state index contributed by atoms with van der Waals surface area (Å²) in [6.45, 7) is 5.65. The fraction of sp³-hybridized carbons (Fsp3) is 0.238. The maximum atomic E-state index is 11.9. The van der Waals surface area contributed by atoms with Crippen LogP contribution in [0.4, 0.5) is 4.79 Å². The molecule has 1 heterocycles. The molecule has 3 rings (SSSR count). The van der Waals surface area contributed by atoms with E-state index in [4.69, 9.17) is 14.2 Å². The highest BCUT2D eigenvalue weighted by Crippen LogP contribution is 2.39. The van der Waals surface area contributed by atoms with Crippen LogP contribution in [0.3, 0.4) is 0 Å². The van der Waals surface area contributed by atoms with Gasteiger partial charge in [-0.2, -0.15) is 0 Å². The Labute approximate surface area is 152 Å².